The SMILES string of the molecule is CCCNC(c1ccc(Br)c(F)c1)c1occc1Br. The molecule has 0 spiro atoms. The first-order chi connectivity index (χ1) is 9.13. The molecule has 102 valence electrons. The molecule has 2 nitrogen and oxygen atoms in total. The Hall–Kier alpha value is -0.650. The van der Waals surface area contributed by atoms with E-state index in [0.717, 1.165) is 28.8 Å². The van der Waals surface area contributed by atoms with Crippen molar-refractivity contribution in [2.45, 2.75) is 19.4 Å². The molecule has 0 amide bonds. The maximum atomic E-state index is 13.7. The van der Waals surface area contributed by atoms with Crippen LogP contribution in [0.4, 0.5) is 4.39 Å². The molecule has 0 aliphatic rings. The highest BCUT2D eigenvalue weighted by atomic mass is 79.9. The van der Waals surface area contributed by atoms with Crippen molar-refractivity contribution in [1.29, 1.82) is 0 Å². The van der Waals surface area contributed by atoms with E-state index in [0.29, 0.717) is 4.47 Å². The third-order valence-electron chi connectivity index (χ3n) is 2.78. The normalized spacial score (nSPS) is 12.6. The predicted molar refractivity (Wildman–Crippen MR) is 80.6 cm³/mol. The molecule has 5 heteroatoms. The average molecular weight is 391 g/mol. The van der Waals surface area contributed by atoms with Crippen LogP contribution in [0.5, 0.6) is 0 Å². The molecule has 0 fully saturated rings. The first-order valence-corrected chi connectivity index (χ1v) is 7.63. The summed E-state index contributed by atoms with van der Waals surface area (Å²) in [6, 6.07) is 6.79. The van der Waals surface area contributed by atoms with Crippen LogP contribution in [-0.4, -0.2) is 6.54 Å². The van der Waals surface area contributed by atoms with Crippen LogP contribution in [0.1, 0.15) is 30.7 Å². The number of furan rings is 1. The first-order valence-electron chi connectivity index (χ1n) is 6.04. The summed E-state index contributed by atoms with van der Waals surface area (Å²) in [5.74, 6) is 0.485. The van der Waals surface area contributed by atoms with Crippen LogP contribution in [0.25, 0.3) is 0 Å². The molecule has 0 radical (unpaired) electrons. The lowest BCUT2D eigenvalue weighted by Crippen LogP contribution is -2.23. The Morgan fingerprint density at radius 2 is 2.05 bits per heavy atom. The van der Waals surface area contributed by atoms with Gasteiger partial charge in [0, 0.05) is 0 Å². The molecule has 1 unspecified atom stereocenters. The topological polar surface area (TPSA) is 25.2 Å². The first kappa shape index (κ1) is 14.8. The van der Waals surface area contributed by atoms with Gasteiger partial charge in [0.25, 0.3) is 0 Å². The van der Waals surface area contributed by atoms with E-state index in [1.54, 1.807) is 12.3 Å². The van der Waals surface area contributed by atoms with Crippen molar-refractivity contribution < 1.29 is 8.81 Å². The van der Waals surface area contributed by atoms with Gasteiger partial charge in [-0.25, -0.2) is 4.39 Å². The van der Waals surface area contributed by atoms with Gasteiger partial charge in [0.05, 0.1) is 21.3 Å². The van der Waals surface area contributed by atoms with Gasteiger partial charge < -0.3 is 9.73 Å². The molecule has 19 heavy (non-hydrogen) atoms. The zero-order valence-corrected chi connectivity index (χ0v) is 13.6. The molecule has 2 aromatic rings. The van der Waals surface area contributed by atoms with Gasteiger partial charge in [-0.2, -0.15) is 0 Å². The van der Waals surface area contributed by atoms with Gasteiger partial charge >= 0.3 is 0 Å². The van der Waals surface area contributed by atoms with Gasteiger partial charge in [0.2, 0.25) is 0 Å². The number of hydrogen-bond donors (Lipinski definition) is 1. The highest BCUT2D eigenvalue weighted by molar-refractivity contribution is 9.10. The number of benzene rings is 1. The molecule has 0 aliphatic heterocycles. The fraction of sp³-hybridized carbons (Fsp3) is 0.286. The van der Waals surface area contributed by atoms with E-state index in [4.69, 9.17) is 4.42 Å². The summed E-state index contributed by atoms with van der Waals surface area (Å²) < 4.78 is 20.5. The Bertz CT molecular complexity index is 556. The third kappa shape index (κ3) is 3.46. The summed E-state index contributed by atoms with van der Waals surface area (Å²) in [5, 5.41) is 3.37. The lowest BCUT2D eigenvalue weighted by molar-refractivity contribution is 0.443. The highest BCUT2D eigenvalue weighted by Crippen LogP contribution is 2.31. The standard InChI is InChI=1S/C14H14Br2FNO/c1-2-6-18-13(14-11(16)5-7-19-14)9-3-4-10(15)12(17)8-9/h3-5,7-8,13,18H,2,6H2,1H3. The van der Waals surface area contributed by atoms with E-state index < -0.39 is 0 Å². The second-order valence-corrected chi connectivity index (χ2v) is 5.90. The minimum atomic E-state index is -0.275. The summed E-state index contributed by atoms with van der Waals surface area (Å²) in [6.45, 7) is 2.92. The van der Waals surface area contributed by atoms with Gasteiger partial charge in [-0.05, 0) is 68.6 Å². The van der Waals surface area contributed by atoms with Crippen molar-refractivity contribution in [2.24, 2.45) is 0 Å². The monoisotopic (exact) mass is 389 g/mol. The molecule has 2 rings (SSSR count). The third-order valence-corrected chi connectivity index (χ3v) is 4.08. The molecule has 0 saturated carbocycles. The summed E-state index contributed by atoms with van der Waals surface area (Å²) in [4.78, 5) is 0. The molecule has 0 aliphatic carbocycles. The largest absolute Gasteiger partial charge is 0.466 e. The second kappa shape index (κ2) is 6.68. The lowest BCUT2D eigenvalue weighted by atomic mass is 10.0. The molecular formula is C14H14Br2FNO. The van der Waals surface area contributed by atoms with Gasteiger partial charge in [-0.3, -0.25) is 0 Å². The summed E-state index contributed by atoms with van der Waals surface area (Å²) in [5.41, 5.74) is 0.838. The maximum absolute atomic E-state index is 13.7. The van der Waals surface area contributed by atoms with Crippen molar-refractivity contribution in [1.82, 2.24) is 5.32 Å². The molecule has 1 N–H and O–H groups in total. The fourth-order valence-electron chi connectivity index (χ4n) is 1.85. The zero-order valence-electron chi connectivity index (χ0n) is 10.4. The highest BCUT2D eigenvalue weighted by Gasteiger charge is 2.20. The molecule has 1 atom stereocenters. The van der Waals surface area contributed by atoms with E-state index in [9.17, 15) is 4.39 Å². The number of nitrogens with one attached hydrogen (secondary N) is 1. The zero-order chi connectivity index (χ0) is 13.8. The minimum Gasteiger partial charge on any atom is -0.466 e. The van der Waals surface area contributed by atoms with E-state index >= 15 is 0 Å². The molecule has 0 saturated heterocycles. The van der Waals surface area contributed by atoms with Crippen LogP contribution in [0, 0.1) is 5.82 Å². The summed E-state index contributed by atoms with van der Waals surface area (Å²) >= 11 is 6.62. The Labute approximate surface area is 128 Å². The van der Waals surface area contributed by atoms with Gasteiger partial charge in [-0.1, -0.05) is 13.0 Å². The van der Waals surface area contributed by atoms with E-state index in [1.807, 2.05) is 12.1 Å². The Morgan fingerprint density at radius 3 is 2.63 bits per heavy atom. The van der Waals surface area contributed by atoms with E-state index in [-0.39, 0.29) is 11.9 Å². The average Bonchev–Trinajstić information content (AvgIpc) is 2.80. The Kier molecular flexibility index (Phi) is 5.19. The maximum Gasteiger partial charge on any atom is 0.139 e. The molecule has 1 aromatic heterocycles. The minimum absolute atomic E-state index is 0.160. The predicted octanol–water partition coefficient (Wildman–Crippen LogP) is 5.03. The van der Waals surface area contributed by atoms with Crippen molar-refractivity contribution in [3.63, 3.8) is 0 Å². The van der Waals surface area contributed by atoms with Crippen molar-refractivity contribution in [3.05, 3.63) is 56.6 Å². The van der Waals surface area contributed by atoms with Gasteiger partial charge in [0.1, 0.15) is 11.6 Å². The fourth-order valence-corrected chi connectivity index (χ4v) is 2.53. The number of hydrogen-bond acceptors (Lipinski definition) is 2. The van der Waals surface area contributed by atoms with Crippen molar-refractivity contribution >= 4 is 31.9 Å². The van der Waals surface area contributed by atoms with E-state index in [2.05, 4.69) is 44.1 Å². The number of halogens is 3. The van der Waals surface area contributed by atoms with Crippen molar-refractivity contribution in [2.75, 3.05) is 6.54 Å². The lowest BCUT2D eigenvalue weighted by Gasteiger charge is -2.17. The van der Waals surface area contributed by atoms with E-state index in [1.165, 1.54) is 6.07 Å². The summed E-state index contributed by atoms with van der Waals surface area (Å²) in [7, 11) is 0. The van der Waals surface area contributed by atoms with Gasteiger partial charge in [-0.15, -0.1) is 0 Å². The van der Waals surface area contributed by atoms with Crippen LogP contribution in [0.2, 0.25) is 0 Å². The molecular weight excluding hydrogens is 377 g/mol. The Morgan fingerprint density at radius 1 is 1.26 bits per heavy atom. The molecule has 1 heterocycles. The smallest absolute Gasteiger partial charge is 0.139 e. The molecule has 1 aromatic carbocycles. The molecule has 0 bridgehead atoms. The quantitative estimate of drug-likeness (QED) is 0.774. The van der Waals surface area contributed by atoms with Crippen molar-refractivity contribution in [3.8, 4) is 0 Å². The van der Waals surface area contributed by atoms with Crippen LogP contribution < -0.4 is 5.32 Å². The van der Waals surface area contributed by atoms with Crippen LogP contribution in [0.15, 0.2) is 43.9 Å². The van der Waals surface area contributed by atoms with Crippen LogP contribution in [-0.2, 0) is 0 Å². The summed E-state index contributed by atoms with van der Waals surface area (Å²) in [6.07, 6.45) is 2.61. The van der Waals surface area contributed by atoms with Crippen LogP contribution >= 0.6 is 31.9 Å². The Balaban J connectivity index is 2.37. The van der Waals surface area contributed by atoms with Crippen LogP contribution in [0.3, 0.4) is 0 Å². The number of rotatable bonds is 5. The van der Waals surface area contributed by atoms with Gasteiger partial charge in [0.15, 0.2) is 0 Å². The second-order valence-electron chi connectivity index (χ2n) is 4.19.